The first-order valence-corrected chi connectivity index (χ1v) is 9.11. The molecule has 0 atom stereocenters. The third-order valence-electron chi connectivity index (χ3n) is 4.43. The lowest BCUT2D eigenvalue weighted by molar-refractivity contribution is -0.138. The number of pyridine rings is 1. The number of H-pyrrole nitrogens is 1. The number of rotatable bonds is 6. The zero-order valence-corrected chi connectivity index (χ0v) is 16.0. The zero-order chi connectivity index (χ0) is 21.9. The summed E-state index contributed by atoms with van der Waals surface area (Å²) in [5.41, 5.74) is -0.575. The van der Waals surface area contributed by atoms with Gasteiger partial charge in [0.05, 0.1) is 17.7 Å². The van der Waals surface area contributed by atoms with Crippen molar-refractivity contribution in [2.75, 3.05) is 13.2 Å². The SMILES string of the molecule is Cc1ccc2[nH]c(=O)c(O)c(C(=O)NCCCOc3ccccc3C(F)(F)F)c2c1. The van der Waals surface area contributed by atoms with Crippen LogP contribution in [-0.4, -0.2) is 29.1 Å². The van der Waals surface area contributed by atoms with E-state index in [4.69, 9.17) is 4.74 Å². The molecule has 1 aromatic heterocycles. The van der Waals surface area contributed by atoms with Crippen molar-refractivity contribution in [1.82, 2.24) is 10.3 Å². The standard InChI is InChI=1S/C21H19F3N2O4/c1-12-7-8-15-13(11-12)17(18(27)20(29)26-15)19(28)25-9-4-10-30-16-6-3-2-5-14(16)21(22,23)24/h2-3,5-8,11,27H,4,9-10H2,1H3,(H,25,28)(H,26,29). The van der Waals surface area contributed by atoms with Gasteiger partial charge in [-0.15, -0.1) is 0 Å². The number of carbonyl (C=O) groups is 1. The van der Waals surface area contributed by atoms with Crippen molar-refractivity contribution in [3.05, 3.63) is 69.5 Å². The Morgan fingerprint density at radius 1 is 1.20 bits per heavy atom. The Morgan fingerprint density at radius 3 is 2.67 bits per heavy atom. The molecule has 6 nitrogen and oxygen atoms in total. The summed E-state index contributed by atoms with van der Waals surface area (Å²) in [5.74, 6) is -1.64. The second kappa shape index (κ2) is 8.48. The summed E-state index contributed by atoms with van der Waals surface area (Å²) in [4.78, 5) is 26.9. The molecule has 0 radical (unpaired) electrons. The van der Waals surface area contributed by atoms with Gasteiger partial charge < -0.3 is 20.1 Å². The highest BCUT2D eigenvalue weighted by atomic mass is 19.4. The predicted molar refractivity (Wildman–Crippen MR) is 105 cm³/mol. The number of carbonyl (C=O) groups excluding carboxylic acids is 1. The van der Waals surface area contributed by atoms with E-state index in [9.17, 15) is 27.9 Å². The molecule has 1 amide bonds. The van der Waals surface area contributed by atoms with Crippen LogP contribution in [0.25, 0.3) is 10.9 Å². The largest absolute Gasteiger partial charge is 0.502 e. The number of aromatic amines is 1. The lowest BCUT2D eigenvalue weighted by Gasteiger charge is -2.14. The molecule has 3 aromatic rings. The van der Waals surface area contributed by atoms with Gasteiger partial charge in [0.2, 0.25) is 0 Å². The molecule has 2 aromatic carbocycles. The summed E-state index contributed by atoms with van der Waals surface area (Å²) in [6.45, 7) is 1.82. The molecular formula is C21H19F3N2O4. The molecule has 3 N–H and O–H groups in total. The highest BCUT2D eigenvalue weighted by molar-refractivity contribution is 6.08. The maximum Gasteiger partial charge on any atom is 0.419 e. The van der Waals surface area contributed by atoms with E-state index in [2.05, 4.69) is 10.3 Å². The Balaban J connectivity index is 1.65. The Bertz CT molecular complexity index is 1140. The van der Waals surface area contributed by atoms with Crippen molar-refractivity contribution < 1.29 is 27.8 Å². The lowest BCUT2D eigenvalue weighted by Crippen LogP contribution is -2.27. The molecule has 0 fully saturated rings. The van der Waals surface area contributed by atoms with Gasteiger partial charge in [0.15, 0.2) is 5.75 Å². The van der Waals surface area contributed by atoms with Crippen LogP contribution in [0.1, 0.15) is 27.9 Å². The Hall–Kier alpha value is -3.49. The van der Waals surface area contributed by atoms with Gasteiger partial charge in [-0.05, 0) is 37.6 Å². The number of fused-ring (bicyclic) bond motifs is 1. The molecule has 0 bridgehead atoms. The number of aryl methyl sites for hydroxylation is 1. The minimum atomic E-state index is -4.53. The van der Waals surface area contributed by atoms with Gasteiger partial charge in [-0.25, -0.2) is 0 Å². The number of hydrogen-bond acceptors (Lipinski definition) is 4. The molecule has 0 aliphatic carbocycles. The summed E-state index contributed by atoms with van der Waals surface area (Å²) in [5, 5.41) is 13.0. The molecule has 0 saturated heterocycles. The molecule has 3 rings (SSSR count). The lowest BCUT2D eigenvalue weighted by atomic mass is 10.0. The maximum atomic E-state index is 13.0. The van der Waals surface area contributed by atoms with Gasteiger partial charge in [0.25, 0.3) is 11.5 Å². The normalized spacial score (nSPS) is 11.5. The molecule has 9 heteroatoms. The van der Waals surface area contributed by atoms with Crippen molar-refractivity contribution in [1.29, 1.82) is 0 Å². The molecule has 0 saturated carbocycles. The smallest absolute Gasteiger partial charge is 0.419 e. The van der Waals surface area contributed by atoms with E-state index < -0.39 is 29.0 Å². The summed E-state index contributed by atoms with van der Waals surface area (Å²) in [6, 6.07) is 9.92. The first-order valence-electron chi connectivity index (χ1n) is 9.11. The molecule has 0 aliphatic heterocycles. The molecule has 0 spiro atoms. The number of aromatic nitrogens is 1. The van der Waals surface area contributed by atoms with Crippen LogP contribution in [0.2, 0.25) is 0 Å². The molecule has 1 heterocycles. The minimum Gasteiger partial charge on any atom is -0.502 e. The second-order valence-corrected chi connectivity index (χ2v) is 6.68. The van der Waals surface area contributed by atoms with Crippen LogP contribution in [0, 0.1) is 6.92 Å². The first kappa shape index (κ1) is 21.2. The number of para-hydroxylation sites is 1. The average molecular weight is 420 g/mol. The Labute approximate surface area is 169 Å². The van der Waals surface area contributed by atoms with E-state index in [1.54, 1.807) is 25.1 Å². The van der Waals surface area contributed by atoms with Crippen LogP contribution in [0.3, 0.4) is 0 Å². The number of benzene rings is 2. The Kier molecular flexibility index (Phi) is 6.00. The van der Waals surface area contributed by atoms with E-state index >= 15 is 0 Å². The summed E-state index contributed by atoms with van der Waals surface area (Å²) in [6.07, 6.45) is -4.30. The van der Waals surface area contributed by atoms with Gasteiger partial charge in [-0.1, -0.05) is 23.8 Å². The second-order valence-electron chi connectivity index (χ2n) is 6.68. The molecule has 158 valence electrons. The summed E-state index contributed by atoms with van der Waals surface area (Å²) < 4.78 is 44.1. The van der Waals surface area contributed by atoms with E-state index in [0.717, 1.165) is 11.6 Å². The van der Waals surface area contributed by atoms with Crippen LogP contribution in [0.15, 0.2) is 47.3 Å². The number of nitrogens with one attached hydrogen (secondary N) is 2. The summed E-state index contributed by atoms with van der Waals surface area (Å²) >= 11 is 0. The van der Waals surface area contributed by atoms with Crippen molar-refractivity contribution in [3.8, 4) is 11.5 Å². The third-order valence-corrected chi connectivity index (χ3v) is 4.43. The van der Waals surface area contributed by atoms with Crippen molar-refractivity contribution in [2.45, 2.75) is 19.5 Å². The topological polar surface area (TPSA) is 91.4 Å². The number of halogens is 3. The number of alkyl halides is 3. The van der Waals surface area contributed by atoms with Crippen LogP contribution in [0.4, 0.5) is 13.2 Å². The molecular weight excluding hydrogens is 401 g/mol. The van der Waals surface area contributed by atoms with Crippen molar-refractivity contribution in [3.63, 3.8) is 0 Å². The van der Waals surface area contributed by atoms with Crippen LogP contribution < -0.4 is 15.6 Å². The maximum absolute atomic E-state index is 13.0. The number of aromatic hydroxyl groups is 1. The van der Waals surface area contributed by atoms with Crippen LogP contribution >= 0.6 is 0 Å². The first-order chi connectivity index (χ1) is 14.2. The zero-order valence-electron chi connectivity index (χ0n) is 16.0. The molecule has 0 unspecified atom stereocenters. The average Bonchev–Trinajstić information content (AvgIpc) is 2.68. The van der Waals surface area contributed by atoms with Crippen LogP contribution in [-0.2, 0) is 6.18 Å². The van der Waals surface area contributed by atoms with E-state index in [1.165, 1.54) is 18.2 Å². The fourth-order valence-corrected chi connectivity index (χ4v) is 3.00. The predicted octanol–water partition coefficient (Wildman–Crippen LogP) is 3.76. The monoisotopic (exact) mass is 420 g/mol. The molecule has 30 heavy (non-hydrogen) atoms. The van der Waals surface area contributed by atoms with E-state index in [0.29, 0.717) is 10.9 Å². The van der Waals surface area contributed by atoms with E-state index in [-0.39, 0.29) is 30.9 Å². The van der Waals surface area contributed by atoms with Gasteiger partial charge >= 0.3 is 6.18 Å². The quantitative estimate of drug-likeness (QED) is 0.530. The van der Waals surface area contributed by atoms with Gasteiger partial charge in [-0.2, -0.15) is 13.2 Å². The minimum absolute atomic E-state index is 0.0609. The van der Waals surface area contributed by atoms with Gasteiger partial charge in [0, 0.05) is 17.4 Å². The highest BCUT2D eigenvalue weighted by Gasteiger charge is 2.33. The fourth-order valence-electron chi connectivity index (χ4n) is 3.00. The van der Waals surface area contributed by atoms with Crippen molar-refractivity contribution in [2.24, 2.45) is 0 Å². The van der Waals surface area contributed by atoms with Gasteiger partial charge in [-0.3, -0.25) is 9.59 Å². The number of amides is 1. The fraction of sp³-hybridized carbons (Fsp3) is 0.238. The van der Waals surface area contributed by atoms with E-state index in [1.807, 2.05) is 0 Å². The number of hydrogen-bond donors (Lipinski definition) is 3. The Morgan fingerprint density at radius 2 is 1.93 bits per heavy atom. The third kappa shape index (κ3) is 4.56. The van der Waals surface area contributed by atoms with Crippen molar-refractivity contribution >= 4 is 16.8 Å². The van der Waals surface area contributed by atoms with Crippen LogP contribution in [0.5, 0.6) is 11.5 Å². The number of ether oxygens (including phenoxy) is 1. The highest BCUT2D eigenvalue weighted by Crippen LogP contribution is 2.35. The summed E-state index contributed by atoms with van der Waals surface area (Å²) in [7, 11) is 0. The van der Waals surface area contributed by atoms with Gasteiger partial charge in [0.1, 0.15) is 5.75 Å². The molecule has 0 aliphatic rings.